The van der Waals surface area contributed by atoms with Crippen LogP contribution in [0, 0.1) is 23.2 Å². The summed E-state index contributed by atoms with van der Waals surface area (Å²) in [5, 5.41) is 0. The Hall–Kier alpha value is -0.760. The average Bonchev–Trinajstić information content (AvgIpc) is 2.70. The molecule has 0 amide bonds. The lowest BCUT2D eigenvalue weighted by Gasteiger charge is -2.46. The van der Waals surface area contributed by atoms with Crippen molar-refractivity contribution in [1.29, 1.82) is 0 Å². The Morgan fingerprint density at radius 3 is 1.07 bits per heavy atom. The third-order valence-electron chi connectivity index (χ3n) is 4.86. The van der Waals surface area contributed by atoms with Gasteiger partial charge in [0.2, 0.25) is 5.79 Å². The van der Waals surface area contributed by atoms with Gasteiger partial charge in [-0.3, -0.25) is 0 Å². The minimum atomic E-state index is -0.846. The van der Waals surface area contributed by atoms with Gasteiger partial charge in [-0.05, 0) is 129 Å². The van der Waals surface area contributed by atoms with Crippen molar-refractivity contribution in [2.45, 2.75) is 190 Å². The number of rotatable bonds is 8. The van der Waals surface area contributed by atoms with Crippen LogP contribution in [-0.2, 0) is 39.1 Å². The Morgan fingerprint density at radius 1 is 0.488 bits per heavy atom. The first-order valence-corrected chi connectivity index (χ1v) is 14.9. The summed E-state index contributed by atoms with van der Waals surface area (Å²) in [6, 6.07) is 0. The highest BCUT2D eigenvalue weighted by Gasteiger charge is 2.48. The topological polar surface area (TPSA) is 73.8 Å². The van der Waals surface area contributed by atoms with Gasteiger partial charge >= 0.3 is 0 Å². The first-order valence-electron chi connectivity index (χ1n) is 14.9. The van der Waals surface area contributed by atoms with E-state index in [4.69, 9.17) is 39.1 Å². The fraction of sp³-hybridized carbons (Fsp3) is 0.939. The molecule has 0 radical (unpaired) electrons. The maximum absolute atomic E-state index is 5.79. The van der Waals surface area contributed by atoms with Gasteiger partial charge in [0.25, 0.3) is 0 Å². The smallest absolute Gasteiger partial charge is 0.229 e. The molecular formula is C33H64O8. The van der Waals surface area contributed by atoms with Crippen LogP contribution in [0.2, 0.25) is 0 Å². The van der Waals surface area contributed by atoms with Gasteiger partial charge < -0.3 is 0 Å². The van der Waals surface area contributed by atoms with Crippen molar-refractivity contribution in [3.8, 4) is 11.8 Å². The van der Waals surface area contributed by atoms with Gasteiger partial charge in [0.15, 0.2) is 11.2 Å². The summed E-state index contributed by atoms with van der Waals surface area (Å²) in [4.78, 5) is 44.1. The Kier molecular flexibility index (Phi) is 14.1. The van der Waals surface area contributed by atoms with Gasteiger partial charge in [0.05, 0.1) is 22.4 Å². The van der Waals surface area contributed by atoms with E-state index in [0.29, 0.717) is 5.92 Å². The quantitative estimate of drug-likeness (QED) is 0.120. The van der Waals surface area contributed by atoms with Gasteiger partial charge in [-0.15, -0.1) is 0 Å². The maximum Gasteiger partial charge on any atom is 0.234 e. The van der Waals surface area contributed by atoms with Crippen LogP contribution in [-0.4, -0.2) is 39.4 Å². The van der Waals surface area contributed by atoms with Crippen LogP contribution in [0.4, 0.5) is 0 Å². The van der Waals surface area contributed by atoms with Crippen molar-refractivity contribution in [3.63, 3.8) is 0 Å². The van der Waals surface area contributed by atoms with Crippen molar-refractivity contribution in [2.75, 3.05) is 0 Å². The van der Waals surface area contributed by atoms with E-state index in [0.717, 1.165) is 19.3 Å². The second-order valence-corrected chi connectivity index (χ2v) is 17.2. The molecule has 0 bridgehead atoms. The minimum absolute atomic E-state index is 0.125. The van der Waals surface area contributed by atoms with Crippen LogP contribution >= 0.6 is 0 Å². The van der Waals surface area contributed by atoms with Gasteiger partial charge in [-0.2, -0.15) is 9.78 Å². The fourth-order valence-corrected chi connectivity index (χ4v) is 3.76. The summed E-state index contributed by atoms with van der Waals surface area (Å²) in [7, 11) is 0. The van der Waals surface area contributed by atoms with Crippen molar-refractivity contribution in [1.82, 2.24) is 0 Å². The molecule has 0 aliphatic heterocycles. The van der Waals surface area contributed by atoms with E-state index < -0.39 is 17.0 Å². The molecule has 0 saturated heterocycles. The molecule has 1 fully saturated rings. The monoisotopic (exact) mass is 588 g/mol. The fourth-order valence-electron chi connectivity index (χ4n) is 3.76. The summed E-state index contributed by atoms with van der Waals surface area (Å²) >= 11 is 0. The standard InChI is InChI=1S/C17H34O4.C16H30O4/c1-13-10-16(8,9)12-17(11-13,20-18-14(2,3)4)21-19-15(5,6)7;1-13(2,3)17-19-15(7,8)11-12-16(9,10)20-18-14(4,5)6/h13H,10-12H2,1-9H3;1-10H3. The first kappa shape index (κ1) is 40.2. The van der Waals surface area contributed by atoms with Crippen LogP contribution in [0.25, 0.3) is 0 Å². The number of hydrogen-bond donors (Lipinski definition) is 0. The lowest BCUT2D eigenvalue weighted by Crippen LogP contribution is -2.48. The zero-order valence-corrected chi connectivity index (χ0v) is 30.0. The van der Waals surface area contributed by atoms with E-state index >= 15 is 0 Å². The summed E-state index contributed by atoms with van der Waals surface area (Å²) in [6.07, 6.45) is 2.66. The predicted molar refractivity (Wildman–Crippen MR) is 163 cm³/mol. The zero-order valence-electron chi connectivity index (χ0n) is 30.0. The van der Waals surface area contributed by atoms with E-state index in [1.54, 1.807) is 0 Å². The summed E-state index contributed by atoms with van der Waals surface area (Å²) in [6.45, 7) is 37.3. The Balaban J connectivity index is 0.000000782. The van der Waals surface area contributed by atoms with E-state index in [1.165, 1.54) is 0 Å². The SMILES string of the molecule is CC(C)(C)OOC(C)(C)C#CC(C)(C)OOC(C)(C)C.CC1CC(C)(C)CC(OOC(C)(C)C)(OOC(C)(C)C)C1. The van der Waals surface area contributed by atoms with Crippen molar-refractivity contribution < 1.29 is 39.1 Å². The van der Waals surface area contributed by atoms with Gasteiger partial charge in [0, 0.05) is 12.8 Å². The highest BCUT2D eigenvalue weighted by Crippen LogP contribution is 2.47. The van der Waals surface area contributed by atoms with Gasteiger partial charge in [0.1, 0.15) is 0 Å². The number of hydrogen-bond acceptors (Lipinski definition) is 8. The lowest BCUT2D eigenvalue weighted by atomic mass is 9.70. The molecule has 41 heavy (non-hydrogen) atoms. The largest absolute Gasteiger partial charge is 0.234 e. The zero-order chi connectivity index (χ0) is 32.8. The molecule has 0 N–H and O–H groups in total. The molecule has 1 aliphatic carbocycles. The highest BCUT2D eigenvalue weighted by atomic mass is 17.3. The van der Waals surface area contributed by atoms with Crippen molar-refractivity contribution in [2.24, 2.45) is 11.3 Å². The van der Waals surface area contributed by atoms with Crippen LogP contribution < -0.4 is 0 Å². The molecule has 0 heterocycles. The summed E-state index contributed by atoms with van der Waals surface area (Å²) < 4.78 is 0. The normalized spacial score (nSPS) is 20.0. The van der Waals surface area contributed by atoms with E-state index in [9.17, 15) is 0 Å². The van der Waals surface area contributed by atoms with Crippen LogP contribution in [0.3, 0.4) is 0 Å². The molecule has 8 heteroatoms. The van der Waals surface area contributed by atoms with Gasteiger partial charge in [-0.25, -0.2) is 29.3 Å². The van der Waals surface area contributed by atoms with Crippen molar-refractivity contribution >= 4 is 0 Å². The lowest BCUT2D eigenvalue weighted by molar-refractivity contribution is -0.551. The summed E-state index contributed by atoms with van der Waals surface area (Å²) in [5.41, 5.74) is -2.85. The molecule has 1 aliphatic rings. The summed E-state index contributed by atoms with van der Waals surface area (Å²) in [5.74, 6) is 5.65. The molecule has 0 aromatic rings. The molecule has 244 valence electrons. The Morgan fingerprint density at radius 2 is 0.805 bits per heavy atom. The van der Waals surface area contributed by atoms with E-state index in [-0.39, 0.29) is 27.8 Å². The third-order valence-corrected chi connectivity index (χ3v) is 4.86. The highest BCUT2D eigenvalue weighted by molar-refractivity contribution is 5.17. The molecule has 0 aromatic carbocycles. The molecule has 1 rings (SSSR count). The molecule has 8 nitrogen and oxygen atoms in total. The maximum atomic E-state index is 5.79. The Labute approximate surface area is 252 Å². The molecule has 0 spiro atoms. The molecular weight excluding hydrogens is 524 g/mol. The van der Waals surface area contributed by atoms with Crippen molar-refractivity contribution in [3.05, 3.63) is 0 Å². The molecule has 1 atom stereocenters. The van der Waals surface area contributed by atoms with Gasteiger partial charge in [-0.1, -0.05) is 32.6 Å². The second-order valence-electron chi connectivity index (χ2n) is 17.2. The second kappa shape index (κ2) is 14.3. The van der Waals surface area contributed by atoms with E-state index in [2.05, 4.69) is 32.6 Å². The average molecular weight is 589 g/mol. The third kappa shape index (κ3) is 21.6. The Bertz CT molecular complexity index is 784. The minimum Gasteiger partial charge on any atom is -0.229 e. The van der Waals surface area contributed by atoms with E-state index in [1.807, 2.05) is 111 Å². The predicted octanol–water partition coefficient (Wildman–Crippen LogP) is 9.06. The first-order chi connectivity index (χ1) is 17.8. The molecule has 1 unspecified atom stereocenters. The molecule has 0 aromatic heterocycles. The van der Waals surface area contributed by atoms with Crippen LogP contribution in [0.5, 0.6) is 0 Å². The van der Waals surface area contributed by atoms with Crippen LogP contribution in [0.1, 0.15) is 151 Å². The molecule has 1 saturated carbocycles. The van der Waals surface area contributed by atoms with Crippen LogP contribution in [0.15, 0.2) is 0 Å².